The SMILES string of the molecule is CCCC1(CCC)c2ccccc2-c2ccc(-c3cccc(C(C)C)c3O)cc21. The van der Waals surface area contributed by atoms with Crippen LogP contribution in [0.3, 0.4) is 0 Å². The van der Waals surface area contributed by atoms with Gasteiger partial charge in [-0.25, -0.2) is 0 Å². The van der Waals surface area contributed by atoms with Crippen molar-refractivity contribution in [3.63, 3.8) is 0 Å². The van der Waals surface area contributed by atoms with E-state index in [-0.39, 0.29) is 5.41 Å². The number of aromatic hydroxyl groups is 1. The highest BCUT2D eigenvalue weighted by Gasteiger charge is 2.41. The Bertz CT molecular complexity index is 1020. The van der Waals surface area contributed by atoms with Crippen molar-refractivity contribution in [3.05, 3.63) is 77.4 Å². The highest BCUT2D eigenvalue weighted by Crippen LogP contribution is 2.54. The number of phenols is 1. The first kappa shape index (κ1) is 19.8. The van der Waals surface area contributed by atoms with Crippen LogP contribution >= 0.6 is 0 Å². The third kappa shape index (κ3) is 3.08. The Labute approximate surface area is 175 Å². The van der Waals surface area contributed by atoms with Gasteiger partial charge in [-0.05, 0) is 58.2 Å². The molecule has 0 aliphatic heterocycles. The molecule has 0 unspecified atom stereocenters. The fraction of sp³-hybridized carbons (Fsp3) is 0.357. The predicted octanol–water partition coefficient (Wildman–Crippen LogP) is 8.05. The van der Waals surface area contributed by atoms with Gasteiger partial charge >= 0.3 is 0 Å². The van der Waals surface area contributed by atoms with Gasteiger partial charge in [0.25, 0.3) is 0 Å². The summed E-state index contributed by atoms with van der Waals surface area (Å²) < 4.78 is 0. The first-order valence-corrected chi connectivity index (χ1v) is 11.1. The Morgan fingerprint density at radius 1 is 0.759 bits per heavy atom. The number of phenolic OH excluding ortho intramolecular Hbond substituents is 1. The Hall–Kier alpha value is -2.54. The molecule has 150 valence electrons. The molecule has 3 aromatic carbocycles. The van der Waals surface area contributed by atoms with E-state index in [0.717, 1.165) is 42.4 Å². The van der Waals surface area contributed by atoms with Crippen LogP contribution in [-0.4, -0.2) is 5.11 Å². The average molecular weight is 385 g/mol. The van der Waals surface area contributed by atoms with Crippen LogP contribution < -0.4 is 0 Å². The maximum Gasteiger partial charge on any atom is 0.126 e. The molecule has 4 rings (SSSR count). The van der Waals surface area contributed by atoms with Crippen LogP contribution in [0, 0.1) is 0 Å². The minimum atomic E-state index is 0.0801. The summed E-state index contributed by atoms with van der Waals surface area (Å²) in [6, 6.07) is 21.9. The molecule has 1 heteroatoms. The first-order valence-electron chi connectivity index (χ1n) is 11.1. The number of para-hydroxylation sites is 1. The third-order valence-corrected chi connectivity index (χ3v) is 6.62. The molecule has 0 amide bonds. The Kier molecular flexibility index (Phi) is 5.25. The third-order valence-electron chi connectivity index (χ3n) is 6.62. The molecule has 0 saturated heterocycles. The Morgan fingerprint density at radius 3 is 2.10 bits per heavy atom. The summed E-state index contributed by atoms with van der Waals surface area (Å²) in [5.41, 5.74) is 8.83. The molecule has 1 aliphatic carbocycles. The van der Waals surface area contributed by atoms with Gasteiger partial charge in [0.2, 0.25) is 0 Å². The van der Waals surface area contributed by atoms with Crippen LogP contribution in [0.5, 0.6) is 5.75 Å². The quantitative estimate of drug-likeness (QED) is 0.456. The molecule has 3 aromatic rings. The second kappa shape index (κ2) is 7.71. The Balaban J connectivity index is 1.94. The molecule has 0 aromatic heterocycles. The molecule has 0 atom stereocenters. The van der Waals surface area contributed by atoms with E-state index in [1.807, 2.05) is 12.1 Å². The van der Waals surface area contributed by atoms with Gasteiger partial charge in [0.05, 0.1) is 0 Å². The number of hydrogen-bond acceptors (Lipinski definition) is 1. The molecule has 1 nitrogen and oxygen atoms in total. The van der Waals surface area contributed by atoms with Gasteiger partial charge in [0, 0.05) is 11.0 Å². The minimum Gasteiger partial charge on any atom is -0.507 e. The van der Waals surface area contributed by atoms with E-state index in [1.54, 1.807) is 0 Å². The van der Waals surface area contributed by atoms with Crippen LogP contribution in [0.25, 0.3) is 22.3 Å². The maximum atomic E-state index is 11.0. The zero-order valence-corrected chi connectivity index (χ0v) is 18.1. The van der Waals surface area contributed by atoms with E-state index >= 15 is 0 Å². The summed E-state index contributed by atoms with van der Waals surface area (Å²) in [7, 11) is 0. The van der Waals surface area contributed by atoms with E-state index in [0.29, 0.717) is 11.7 Å². The zero-order valence-electron chi connectivity index (χ0n) is 18.1. The monoisotopic (exact) mass is 384 g/mol. The molecule has 0 spiro atoms. The summed E-state index contributed by atoms with van der Waals surface area (Å²) in [6.07, 6.45) is 4.64. The van der Waals surface area contributed by atoms with Gasteiger partial charge in [-0.2, -0.15) is 0 Å². The van der Waals surface area contributed by atoms with Crippen LogP contribution in [0.4, 0.5) is 0 Å². The molecule has 0 fully saturated rings. The fourth-order valence-corrected chi connectivity index (χ4v) is 5.40. The van der Waals surface area contributed by atoms with Crippen molar-refractivity contribution in [2.75, 3.05) is 0 Å². The van der Waals surface area contributed by atoms with Crippen molar-refractivity contribution in [2.45, 2.75) is 64.7 Å². The molecular weight excluding hydrogens is 352 g/mol. The van der Waals surface area contributed by atoms with E-state index in [9.17, 15) is 5.11 Å². The van der Waals surface area contributed by atoms with Crippen LogP contribution in [0.15, 0.2) is 60.7 Å². The topological polar surface area (TPSA) is 20.2 Å². The number of hydrogen-bond donors (Lipinski definition) is 1. The highest BCUT2D eigenvalue weighted by atomic mass is 16.3. The smallest absolute Gasteiger partial charge is 0.126 e. The van der Waals surface area contributed by atoms with Crippen molar-refractivity contribution in [1.29, 1.82) is 0 Å². The van der Waals surface area contributed by atoms with E-state index in [2.05, 4.69) is 76.2 Å². The minimum absolute atomic E-state index is 0.0801. The van der Waals surface area contributed by atoms with Gasteiger partial charge in [0.15, 0.2) is 0 Å². The standard InChI is InChI=1S/C28H32O/c1-5-16-28(17-6-2)25-13-8-7-10-23(25)24-15-14-20(18-26(24)28)22-12-9-11-21(19(3)4)27(22)29/h7-15,18-19,29H,5-6,16-17H2,1-4H3. The summed E-state index contributed by atoms with van der Waals surface area (Å²) >= 11 is 0. The maximum absolute atomic E-state index is 11.0. The molecular formula is C28H32O. The second-order valence-corrected chi connectivity index (χ2v) is 8.79. The van der Waals surface area contributed by atoms with Crippen molar-refractivity contribution < 1.29 is 5.11 Å². The molecule has 1 N–H and O–H groups in total. The van der Waals surface area contributed by atoms with Gasteiger partial charge in [0.1, 0.15) is 5.75 Å². The van der Waals surface area contributed by atoms with E-state index < -0.39 is 0 Å². The lowest BCUT2D eigenvalue weighted by molar-refractivity contribution is 0.436. The van der Waals surface area contributed by atoms with Gasteiger partial charge < -0.3 is 5.11 Å². The molecule has 0 bridgehead atoms. The summed E-state index contributed by atoms with van der Waals surface area (Å²) in [4.78, 5) is 0. The number of benzene rings is 3. The van der Waals surface area contributed by atoms with Crippen LogP contribution in [0.1, 0.15) is 76.0 Å². The largest absolute Gasteiger partial charge is 0.507 e. The number of rotatable bonds is 6. The lowest BCUT2D eigenvalue weighted by Crippen LogP contribution is -2.25. The van der Waals surface area contributed by atoms with E-state index in [4.69, 9.17) is 0 Å². The predicted molar refractivity (Wildman–Crippen MR) is 124 cm³/mol. The van der Waals surface area contributed by atoms with Gasteiger partial charge in [-0.15, -0.1) is 0 Å². The van der Waals surface area contributed by atoms with Gasteiger partial charge in [-0.1, -0.05) is 95.1 Å². The van der Waals surface area contributed by atoms with Crippen molar-refractivity contribution in [1.82, 2.24) is 0 Å². The number of fused-ring (bicyclic) bond motifs is 3. The summed E-state index contributed by atoms with van der Waals surface area (Å²) in [5.74, 6) is 0.724. The van der Waals surface area contributed by atoms with Gasteiger partial charge in [-0.3, -0.25) is 0 Å². The zero-order chi connectivity index (χ0) is 20.6. The average Bonchev–Trinajstić information content (AvgIpc) is 2.98. The summed E-state index contributed by atoms with van der Waals surface area (Å²) in [5, 5.41) is 11.0. The van der Waals surface area contributed by atoms with Crippen molar-refractivity contribution >= 4 is 0 Å². The second-order valence-electron chi connectivity index (χ2n) is 8.79. The normalized spacial score (nSPS) is 14.1. The van der Waals surface area contributed by atoms with Crippen LogP contribution in [0.2, 0.25) is 0 Å². The molecule has 29 heavy (non-hydrogen) atoms. The highest BCUT2D eigenvalue weighted by molar-refractivity contribution is 5.85. The lowest BCUT2D eigenvalue weighted by atomic mass is 9.71. The van der Waals surface area contributed by atoms with E-state index in [1.165, 1.54) is 22.3 Å². The Morgan fingerprint density at radius 2 is 1.41 bits per heavy atom. The molecule has 1 aliphatic rings. The van der Waals surface area contributed by atoms with Crippen molar-refractivity contribution in [2.24, 2.45) is 0 Å². The van der Waals surface area contributed by atoms with Crippen LogP contribution in [-0.2, 0) is 5.41 Å². The molecule has 0 heterocycles. The summed E-state index contributed by atoms with van der Waals surface area (Å²) in [6.45, 7) is 8.84. The molecule has 0 saturated carbocycles. The lowest BCUT2D eigenvalue weighted by Gasteiger charge is -2.32. The van der Waals surface area contributed by atoms with Crippen molar-refractivity contribution in [3.8, 4) is 28.0 Å². The fourth-order valence-electron chi connectivity index (χ4n) is 5.40. The first-order chi connectivity index (χ1) is 14.0. The molecule has 0 radical (unpaired) electrons.